The van der Waals surface area contributed by atoms with Gasteiger partial charge in [0.05, 0.1) is 17.5 Å². The summed E-state index contributed by atoms with van der Waals surface area (Å²) in [6, 6.07) is 15.5. The van der Waals surface area contributed by atoms with Crippen molar-refractivity contribution in [1.29, 1.82) is 0 Å². The molecule has 0 heterocycles. The minimum absolute atomic E-state index is 0.0496. The van der Waals surface area contributed by atoms with Crippen molar-refractivity contribution >= 4 is 21.6 Å². The van der Waals surface area contributed by atoms with Gasteiger partial charge in [-0.05, 0) is 36.8 Å². The van der Waals surface area contributed by atoms with E-state index < -0.39 is 10.0 Å². The van der Waals surface area contributed by atoms with Crippen molar-refractivity contribution in [2.24, 2.45) is 5.14 Å². The van der Waals surface area contributed by atoms with Gasteiger partial charge in [-0.3, -0.25) is 4.79 Å². The zero-order valence-electron chi connectivity index (χ0n) is 13.6. The Hall–Kier alpha value is -2.38. The van der Waals surface area contributed by atoms with Gasteiger partial charge in [0.25, 0.3) is 0 Å². The summed E-state index contributed by atoms with van der Waals surface area (Å²) in [7, 11) is -1.86. The second-order valence-corrected chi connectivity index (χ2v) is 7.16. The largest absolute Gasteiger partial charge is 0.365 e. The molecule has 0 aromatic heterocycles. The van der Waals surface area contributed by atoms with Crippen molar-refractivity contribution in [3.63, 3.8) is 0 Å². The Morgan fingerprint density at radius 3 is 2.25 bits per heavy atom. The first-order valence-electron chi connectivity index (χ1n) is 7.45. The van der Waals surface area contributed by atoms with Gasteiger partial charge in [-0.2, -0.15) is 0 Å². The number of nitrogens with two attached hydrogens (primary N) is 1. The smallest absolute Gasteiger partial charge is 0.239 e. The van der Waals surface area contributed by atoms with E-state index in [2.05, 4.69) is 5.32 Å². The lowest BCUT2D eigenvalue weighted by molar-refractivity contribution is -0.120. The van der Waals surface area contributed by atoms with Crippen molar-refractivity contribution < 1.29 is 13.2 Å². The van der Waals surface area contributed by atoms with Crippen LogP contribution in [0.3, 0.4) is 0 Å². The highest BCUT2D eigenvalue weighted by Crippen LogP contribution is 2.16. The summed E-state index contributed by atoms with van der Waals surface area (Å²) >= 11 is 0. The first-order valence-corrected chi connectivity index (χ1v) is 9.00. The Balaban J connectivity index is 1.96. The van der Waals surface area contributed by atoms with Crippen LogP contribution in [0.4, 0.5) is 5.69 Å². The highest BCUT2D eigenvalue weighted by atomic mass is 32.2. The molecule has 2 aromatic carbocycles. The van der Waals surface area contributed by atoms with E-state index >= 15 is 0 Å². The Morgan fingerprint density at radius 2 is 1.71 bits per heavy atom. The van der Waals surface area contributed by atoms with E-state index in [1.807, 2.05) is 49.2 Å². The molecule has 0 fully saturated rings. The van der Waals surface area contributed by atoms with Crippen LogP contribution in [0.1, 0.15) is 18.5 Å². The van der Waals surface area contributed by atoms with Gasteiger partial charge in [0.15, 0.2) is 0 Å². The Morgan fingerprint density at radius 1 is 1.12 bits per heavy atom. The molecular formula is C17H21N3O3S. The first-order chi connectivity index (χ1) is 11.3. The average Bonchev–Trinajstić information content (AvgIpc) is 2.54. The molecule has 128 valence electrons. The van der Waals surface area contributed by atoms with Crippen LogP contribution in [0.25, 0.3) is 0 Å². The van der Waals surface area contributed by atoms with Crippen LogP contribution in [0.2, 0.25) is 0 Å². The maximum absolute atomic E-state index is 12.2. The number of primary sulfonamides is 1. The molecule has 7 heteroatoms. The molecule has 0 aliphatic heterocycles. The highest BCUT2D eigenvalue weighted by Gasteiger charge is 2.13. The van der Waals surface area contributed by atoms with Gasteiger partial charge in [0.2, 0.25) is 15.9 Å². The quantitative estimate of drug-likeness (QED) is 0.831. The summed E-state index contributed by atoms with van der Waals surface area (Å²) < 4.78 is 22.5. The Bertz CT molecular complexity index is 790. The van der Waals surface area contributed by atoms with E-state index in [0.717, 1.165) is 11.3 Å². The third kappa shape index (κ3) is 4.81. The van der Waals surface area contributed by atoms with Crippen LogP contribution >= 0.6 is 0 Å². The number of carbonyl (C=O) groups is 1. The lowest BCUT2D eigenvalue weighted by Crippen LogP contribution is -2.36. The number of hydrogen-bond donors (Lipinski definition) is 2. The molecule has 6 nitrogen and oxygen atoms in total. The van der Waals surface area contributed by atoms with Crippen LogP contribution in [-0.4, -0.2) is 27.9 Å². The molecule has 0 saturated heterocycles. The minimum atomic E-state index is -3.71. The number of likely N-dealkylation sites (N-methyl/N-ethyl adjacent to an activating group) is 1. The summed E-state index contributed by atoms with van der Waals surface area (Å²) in [6.07, 6.45) is 0. The van der Waals surface area contributed by atoms with Crippen molar-refractivity contribution in [2.75, 3.05) is 18.5 Å². The number of nitrogens with zero attached hydrogens (tertiary/aromatic N) is 1. The number of sulfonamides is 1. The van der Waals surface area contributed by atoms with E-state index in [0.29, 0.717) is 0 Å². The number of amides is 1. The van der Waals surface area contributed by atoms with Gasteiger partial charge in [-0.15, -0.1) is 0 Å². The SMILES string of the molecule is C[C@H](NC(=O)CN(C)c1ccccc1)c1ccc(S(N)(=O)=O)cc1. The third-order valence-corrected chi connectivity index (χ3v) is 4.59. The molecule has 2 rings (SSSR count). The third-order valence-electron chi connectivity index (χ3n) is 3.66. The van der Waals surface area contributed by atoms with Crippen molar-refractivity contribution in [1.82, 2.24) is 5.32 Å². The van der Waals surface area contributed by atoms with E-state index in [1.165, 1.54) is 12.1 Å². The predicted molar refractivity (Wildman–Crippen MR) is 94.1 cm³/mol. The monoisotopic (exact) mass is 347 g/mol. The van der Waals surface area contributed by atoms with Crippen molar-refractivity contribution in [3.8, 4) is 0 Å². The number of para-hydroxylation sites is 1. The first kappa shape index (κ1) is 18.0. The zero-order chi connectivity index (χ0) is 17.7. The summed E-state index contributed by atoms with van der Waals surface area (Å²) in [5.41, 5.74) is 1.76. The fourth-order valence-corrected chi connectivity index (χ4v) is 2.82. The molecule has 1 amide bonds. The molecule has 3 N–H and O–H groups in total. The van der Waals surface area contributed by atoms with E-state index in [4.69, 9.17) is 5.14 Å². The lowest BCUT2D eigenvalue weighted by Gasteiger charge is -2.21. The summed E-state index contributed by atoms with van der Waals surface area (Å²) in [5.74, 6) is -0.121. The molecular weight excluding hydrogens is 326 g/mol. The number of anilines is 1. The van der Waals surface area contributed by atoms with Gasteiger partial charge in [0, 0.05) is 12.7 Å². The number of nitrogens with one attached hydrogen (secondary N) is 1. The Labute approximate surface area is 142 Å². The van der Waals surface area contributed by atoms with Crippen LogP contribution in [0.15, 0.2) is 59.5 Å². The predicted octanol–water partition coefficient (Wildman–Crippen LogP) is 1.65. The number of rotatable bonds is 6. The van der Waals surface area contributed by atoms with Gasteiger partial charge >= 0.3 is 0 Å². The molecule has 0 saturated carbocycles. The summed E-state index contributed by atoms with van der Waals surface area (Å²) in [6.45, 7) is 2.07. The average molecular weight is 347 g/mol. The van der Waals surface area contributed by atoms with E-state index in [-0.39, 0.29) is 23.4 Å². The van der Waals surface area contributed by atoms with Crippen LogP contribution in [0.5, 0.6) is 0 Å². The van der Waals surface area contributed by atoms with Crippen molar-refractivity contribution in [3.05, 3.63) is 60.2 Å². The van der Waals surface area contributed by atoms with Gasteiger partial charge in [0.1, 0.15) is 0 Å². The van der Waals surface area contributed by atoms with E-state index in [9.17, 15) is 13.2 Å². The fraction of sp³-hybridized carbons (Fsp3) is 0.235. The van der Waals surface area contributed by atoms with Gasteiger partial charge < -0.3 is 10.2 Å². The molecule has 0 spiro atoms. The molecule has 0 radical (unpaired) electrons. The van der Waals surface area contributed by atoms with Crippen LogP contribution in [0, 0.1) is 0 Å². The van der Waals surface area contributed by atoms with Gasteiger partial charge in [-0.25, -0.2) is 13.6 Å². The second kappa shape index (κ2) is 7.46. The van der Waals surface area contributed by atoms with Crippen LogP contribution < -0.4 is 15.4 Å². The molecule has 24 heavy (non-hydrogen) atoms. The van der Waals surface area contributed by atoms with Gasteiger partial charge in [-0.1, -0.05) is 30.3 Å². The van der Waals surface area contributed by atoms with E-state index in [1.54, 1.807) is 12.1 Å². The lowest BCUT2D eigenvalue weighted by atomic mass is 10.1. The standard InChI is InChI=1S/C17H21N3O3S/c1-13(14-8-10-16(11-9-14)24(18,22)23)19-17(21)12-20(2)15-6-4-3-5-7-15/h3-11,13H,12H2,1-2H3,(H,19,21)(H2,18,22,23)/t13-/m0/s1. The number of carbonyl (C=O) groups excluding carboxylic acids is 1. The fourth-order valence-electron chi connectivity index (χ4n) is 2.31. The summed E-state index contributed by atoms with van der Waals surface area (Å²) in [5, 5.41) is 7.96. The van der Waals surface area contributed by atoms with Crippen molar-refractivity contribution in [2.45, 2.75) is 17.9 Å². The highest BCUT2D eigenvalue weighted by molar-refractivity contribution is 7.89. The molecule has 2 aromatic rings. The minimum Gasteiger partial charge on any atom is -0.365 e. The molecule has 0 aliphatic rings. The maximum Gasteiger partial charge on any atom is 0.239 e. The number of hydrogen-bond acceptors (Lipinski definition) is 4. The second-order valence-electron chi connectivity index (χ2n) is 5.59. The normalized spacial score (nSPS) is 12.5. The zero-order valence-corrected chi connectivity index (χ0v) is 14.5. The topological polar surface area (TPSA) is 92.5 Å². The summed E-state index contributed by atoms with van der Waals surface area (Å²) in [4.78, 5) is 14.1. The Kier molecular flexibility index (Phi) is 5.58. The maximum atomic E-state index is 12.2. The molecule has 0 bridgehead atoms. The molecule has 0 aliphatic carbocycles. The number of benzene rings is 2. The molecule has 1 atom stereocenters. The van der Waals surface area contributed by atoms with Crippen LogP contribution in [-0.2, 0) is 14.8 Å². The molecule has 0 unspecified atom stereocenters.